The van der Waals surface area contributed by atoms with Crippen LogP contribution in [0.15, 0.2) is 28.8 Å². The van der Waals surface area contributed by atoms with E-state index in [4.69, 9.17) is 31.3 Å². The number of aromatic nitrogens is 2. The predicted molar refractivity (Wildman–Crippen MR) is 80.9 cm³/mol. The molecule has 0 radical (unpaired) electrons. The topological polar surface area (TPSA) is 83.4 Å². The Morgan fingerprint density at radius 1 is 1.32 bits per heavy atom. The normalized spacial score (nSPS) is 21.7. The van der Waals surface area contributed by atoms with Gasteiger partial charge in [0.2, 0.25) is 11.7 Å². The Hall–Kier alpha value is -1.63. The average molecular weight is 324 g/mol. The first-order valence-corrected chi connectivity index (χ1v) is 7.59. The van der Waals surface area contributed by atoms with Crippen LogP contribution in [0.4, 0.5) is 0 Å². The Kier molecular flexibility index (Phi) is 4.61. The Labute approximate surface area is 133 Å². The summed E-state index contributed by atoms with van der Waals surface area (Å²) < 4.78 is 16.5. The number of nitrogens with two attached hydrogens (primary N) is 1. The number of hydrogen-bond acceptors (Lipinski definition) is 6. The van der Waals surface area contributed by atoms with E-state index in [1.54, 1.807) is 24.3 Å². The minimum atomic E-state index is -0.371. The quantitative estimate of drug-likeness (QED) is 0.909. The molecule has 22 heavy (non-hydrogen) atoms. The van der Waals surface area contributed by atoms with Crippen molar-refractivity contribution in [1.82, 2.24) is 10.1 Å². The summed E-state index contributed by atoms with van der Waals surface area (Å²) in [5.74, 6) is 1.72. The molecule has 0 saturated carbocycles. The van der Waals surface area contributed by atoms with Crippen LogP contribution in [-0.2, 0) is 16.8 Å². The van der Waals surface area contributed by atoms with Crippen LogP contribution >= 0.6 is 11.6 Å². The zero-order valence-electron chi connectivity index (χ0n) is 12.1. The molecule has 2 heterocycles. The highest BCUT2D eigenvalue weighted by atomic mass is 35.5. The highest BCUT2D eigenvalue weighted by Gasteiger charge is 2.39. The summed E-state index contributed by atoms with van der Waals surface area (Å²) in [6.07, 6.45) is 1.83. The zero-order valence-corrected chi connectivity index (χ0v) is 12.9. The van der Waals surface area contributed by atoms with Gasteiger partial charge in [-0.3, -0.25) is 0 Å². The highest BCUT2D eigenvalue weighted by Crippen LogP contribution is 2.31. The van der Waals surface area contributed by atoms with Crippen LogP contribution in [0, 0.1) is 0 Å². The Balaban J connectivity index is 1.66. The van der Waals surface area contributed by atoms with Gasteiger partial charge in [0.25, 0.3) is 0 Å². The van der Waals surface area contributed by atoms with Crippen LogP contribution in [0.5, 0.6) is 5.75 Å². The molecule has 1 aromatic heterocycles. The first kappa shape index (κ1) is 15.3. The van der Waals surface area contributed by atoms with E-state index in [1.165, 1.54) is 0 Å². The van der Waals surface area contributed by atoms with E-state index in [0.29, 0.717) is 35.6 Å². The standard InChI is InChI=1S/C15H18ClN3O3/c16-11-2-4-12(5-3-11)21-8-13-18-14(22-19-13)15(9-17)6-1-7-20-10-15/h2-5H,1,6-10,17H2. The molecular formula is C15H18ClN3O3. The molecule has 2 N–H and O–H groups in total. The summed E-state index contributed by atoms with van der Waals surface area (Å²) in [4.78, 5) is 4.42. The fraction of sp³-hybridized carbons (Fsp3) is 0.467. The van der Waals surface area contributed by atoms with Crippen molar-refractivity contribution < 1.29 is 14.0 Å². The van der Waals surface area contributed by atoms with Crippen molar-refractivity contribution in [3.63, 3.8) is 0 Å². The van der Waals surface area contributed by atoms with Crippen molar-refractivity contribution in [2.45, 2.75) is 24.9 Å². The molecule has 0 bridgehead atoms. The van der Waals surface area contributed by atoms with Crippen molar-refractivity contribution >= 4 is 11.6 Å². The second kappa shape index (κ2) is 6.64. The molecule has 3 rings (SSSR count). The van der Waals surface area contributed by atoms with Crippen molar-refractivity contribution in [3.05, 3.63) is 41.0 Å². The van der Waals surface area contributed by atoms with Crippen LogP contribution in [0.2, 0.25) is 5.02 Å². The molecule has 118 valence electrons. The van der Waals surface area contributed by atoms with E-state index in [0.717, 1.165) is 19.4 Å². The lowest BCUT2D eigenvalue weighted by Gasteiger charge is -2.32. The molecule has 1 aliphatic rings. The van der Waals surface area contributed by atoms with Gasteiger partial charge in [-0.15, -0.1) is 0 Å². The highest BCUT2D eigenvalue weighted by molar-refractivity contribution is 6.30. The Morgan fingerprint density at radius 3 is 2.82 bits per heavy atom. The average Bonchev–Trinajstić information content (AvgIpc) is 3.04. The van der Waals surface area contributed by atoms with Crippen LogP contribution in [0.3, 0.4) is 0 Å². The van der Waals surface area contributed by atoms with Crippen molar-refractivity contribution in [2.75, 3.05) is 19.8 Å². The molecular weight excluding hydrogens is 306 g/mol. The van der Waals surface area contributed by atoms with E-state index in [2.05, 4.69) is 10.1 Å². The lowest BCUT2D eigenvalue weighted by atomic mass is 9.82. The fourth-order valence-corrected chi connectivity index (χ4v) is 2.60. The third-order valence-electron chi connectivity index (χ3n) is 3.82. The predicted octanol–water partition coefficient (Wildman–Crippen LogP) is 2.31. The molecule has 7 heteroatoms. The van der Waals surface area contributed by atoms with Crippen LogP contribution < -0.4 is 10.5 Å². The Bertz CT molecular complexity index is 609. The summed E-state index contributed by atoms with van der Waals surface area (Å²) in [5.41, 5.74) is 5.54. The lowest BCUT2D eigenvalue weighted by Crippen LogP contribution is -2.43. The van der Waals surface area contributed by atoms with Gasteiger partial charge in [0.1, 0.15) is 5.75 Å². The van der Waals surface area contributed by atoms with Crippen molar-refractivity contribution in [1.29, 1.82) is 0 Å². The van der Waals surface area contributed by atoms with Crippen LogP contribution in [-0.4, -0.2) is 29.9 Å². The number of halogens is 1. The minimum absolute atomic E-state index is 0.229. The van der Waals surface area contributed by atoms with Gasteiger partial charge in [-0.05, 0) is 37.1 Å². The smallest absolute Gasteiger partial charge is 0.236 e. The number of ether oxygens (including phenoxy) is 2. The van der Waals surface area contributed by atoms with E-state index < -0.39 is 0 Å². The summed E-state index contributed by atoms with van der Waals surface area (Å²) >= 11 is 5.83. The summed E-state index contributed by atoms with van der Waals surface area (Å²) in [6.45, 7) is 1.92. The maximum absolute atomic E-state index is 5.91. The largest absolute Gasteiger partial charge is 0.485 e. The van der Waals surface area contributed by atoms with Gasteiger partial charge in [0.05, 0.1) is 12.0 Å². The first-order valence-electron chi connectivity index (χ1n) is 7.21. The lowest BCUT2D eigenvalue weighted by molar-refractivity contribution is 0.0237. The number of rotatable bonds is 5. The Morgan fingerprint density at radius 2 is 2.14 bits per heavy atom. The second-order valence-corrected chi connectivity index (χ2v) is 5.84. The van der Waals surface area contributed by atoms with E-state index in [9.17, 15) is 0 Å². The summed E-state index contributed by atoms with van der Waals surface area (Å²) in [5, 5.41) is 4.63. The molecule has 0 amide bonds. The van der Waals surface area contributed by atoms with Crippen LogP contribution in [0.25, 0.3) is 0 Å². The van der Waals surface area contributed by atoms with Gasteiger partial charge < -0.3 is 19.7 Å². The summed E-state index contributed by atoms with van der Waals surface area (Å²) in [6, 6.07) is 7.11. The molecule has 1 fully saturated rings. The minimum Gasteiger partial charge on any atom is -0.485 e. The molecule has 2 aromatic rings. The first-order chi connectivity index (χ1) is 10.7. The molecule has 1 unspecified atom stereocenters. The van der Waals surface area contributed by atoms with Crippen LogP contribution in [0.1, 0.15) is 24.6 Å². The molecule has 0 aliphatic carbocycles. The number of benzene rings is 1. The van der Waals surface area contributed by atoms with E-state index in [1.807, 2.05) is 0 Å². The molecule has 1 aromatic carbocycles. The third-order valence-corrected chi connectivity index (χ3v) is 4.07. The van der Waals surface area contributed by atoms with Gasteiger partial charge in [0, 0.05) is 18.2 Å². The van der Waals surface area contributed by atoms with E-state index >= 15 is 0 Å². The maximum Gasteiger partial charge on any atom is 0.236 e. The second-order valence-electron chi connectivity index (χ2n) is 5.40. The summed E-state index contributed by atoms with van der Waals surface area (Å²) in [7, 11) is 0. The van der Waals surface area contributed by atoms with Gasteiger partial charge in [-0.1, -0.05) is 16.8 Å². The molecule has 1 saturated heterocycles. The molecule has 0 spiro atoms. The molecule has 1 atom stereocenters. The maximum atomic E-state index is 5.91. The van der Waals surface area contributed by atoms with Gasteiger partial charge in [0.15, 0.2) is 6.61 Å². The number of nitrogens with zero attached hydrogens (tertiary/aromatic N) is 2. The number of hydrogen-bond donors (Lipinski definition) is 1. The molecule has 6 nitrogen and oxygen atoms in total. The van der Waals surface area contributed by atoms with Crippen molar-refractivity contribution in [2.24, 2.45) is 5.73 Å². The SMILES string of the molecule is NCC1(c2nc(COc3ccc(Cl)cc3)no2)CCCOC1. The van der Waals surface area contributed by atoms with Gasteiger partial charge in [-0.25, -0.2) is 0 Å². The monoisotopic (exact) mass is 323 g/mol. The molecule has 1 aliphatic heterocycles. The third kappa shape index (κ3) is 3.24. The van der Waals surface area contributed by atoms with E-state index in [-0.39, 0.29) is 12.0 Å². The van der Waals surface area contributed by atoms with Gasteiger partial charge in [-0.2, -0.15) is 4.98 Å². The van der Waals surface area contributed by atoms with Crippen molar-refractivity contribution in [3.8, 4) is 5.75 Å². The fourth-order valence-electron chi connectivity index (χ4n) is 2.48. The van der Waals surface area contributed by atoms with Gasteiger partial charge >= 0.3 is 0 Å². The zero-order chi connectivity index (χ0) is 15.4.